The second kappa shape index (κ2) is 3.52. The first-order valence-electron chi connectivity index (χ1n) is 4.47. The Morgan fingerprint density at radius 2 is 2.07 bits per heavy atom. The number of benzene rings is 1. The molecule has 0 fully saturated rings. The molecule has 0 spiro atoms. The lowest BCUT2D eigenvalue weighted by atomic mass is 10.1. The van der Waals surface area contributed by atoms with E-state index in [-0.39, 0.29) is 5.82 Å². The van der Waals surface area contributed by atoms with Crippen molar-refractivity contribution in [2.45, 2.75) is 19.8 Å². The van der Waals surface area contributed by atoms with Crippen molar-refractivity contribution in [1.29, 1.82) is 0 Å². The summed E-state index contributed by atoms with van der Waals surface area (Å²) in [5.41, 5.74) is 0. The van der Waals surface area contributed by atoms with Gasteiger partial charge in [-0.3, -0.25) is 0 Å². The molecule has 0 N–H and O–H groups in total. The van der Waals surface area contributed by atoms with Gasteiger partial charge >= 0.3 is 0 Å². The van der Waals surface area contributed by atoms with Gasteiger partial charge < -0.3 is 0 Å². The maximum Gasteiger partial charge on any atom is 0.123 e. The van der Waals surface area contributed by atoms with Crippen molar-refractivity contribution in [3.63, 3.8) is 0 Å². The van der Waals surface area contributed by atoms with Gasteiger partial charge in [0.25, 0.3) is 0 Å². The topological polar surface area (TPSA) is 0 Å². The molecule has 0 bridgehead atoms. The van der Waals surface area contributed by atoms with E-state index in [4.69, 9.17) is 11.6 Å². The summed E-state index contributed by atoms with van der Waals surface area (Å²) in [6, 6.07) is 4.76. The molecule has 3 heteroatoms. The van der Waals surface area contributed by atoms with Crippen molar-refractivity contribution in [2.75, 3.05) is 0 Å². The largest absolute Gasteiger partial charge is 0.207 e. The van der Waals surface area contributed by atoms with Gasteiger partial charge in [0.1, 0.15) is 5.82 Å². The maximum absolute atomic E-state index is 13.0. The molecule has 0 aliphatic heterocycles. The van der Waals surface area contributed by atoms with Gasteiger partial charge in [0.15, 0.2) is 0 Å². The Balaban J connectivity index is 2.74. The normalized spacial score (nSPS) is 11.5. The average Bonchev–Trinajstić information content (AvgIpc) is 2.44. The quantitative estimate of drug-likeness (QED) is 0.657. The summed E-state index contributed by atoms with van der Waals surface area (Å²) >= 11 is 7.81. The second-order valence-electron chi connectivity index (χ2n) is 3.58. The van der Waals surface area contributed by atoms with Crippen molar-refractivity contribution in [3.8, 4) is 0 Å². The summed E-state index contributed by atoms with van der Waals surface area (Å²) in [5, 5.41) is 1.54. The van der Waals surface area contributed by atoms with Gasteiger partial charge in [-0.25, -0.2) is 4.39 Å². The lowest BCUT2D eigenvalue weighted by molar-refractivity contribution is 0.630. The first kappa shape index (κ1) is 9.94. The minimum atomic E-state index is -0.229. The molecule has 2 rings (SSSR count). The Hall–Kier alpha value is -0.600. The molecule has 0 radical (unpaired) electrons. The summed E-state index contributed by atoms with van der Waals surface area (Å²) in [7, 11) is 0. The van der Waals surface area contributed by atoms with Gasteiger partial charge in [0, 0.05) is 15.0 Å². The fraction of sp³-hybridized carbons (Fsp3) is 0.273. The Kier molecular flexibility index (Phi) is 2.50. The van der Waals surface area contributed by atoms with E-state index >= 15 is 0 Å². The predicted octanol–water partition coefficient (Wildman–Crippen LogP) is 4.82. The van der Waals surface area contributed by atoms with Crippen LogP contribution in [0.4, 0.5) is 4.39 Å². The molecule has 2 aromatic rings. The number of fused-ring (bicyclic) bond motifs is 1. The standard InChI is InChI=1S/C11H10ClFS/c1-6(2)11-10(12)8-5-7(13)3-4-9(8)14-11/h3-6H,1-2H3. The lowest BCUT2D eigenvalue weighted by Crippen LogP contribution is -1.80. The van der Waals surface area contributed by atoms with Crippen LogP contribution in [0.1, 0.15) is 24.6 Å². The molecule has 0 aliphatic rings. The number of halogens is 2. The average molecular weight is 229 g/mol. The molecule has 0 saturated carbocycles. The van der Waals surface area contributed by atoms with Crippen LogP contribution in [0.3, 0.4) is 0 Å². The Morgan fingerprint density at radius 1 is 1.36 bits per heavy atom. The third-order valence-electron chi connectivity index (χ3n) is 2.14. The van der Waals surface area contributed by atoms with Crippen LogP contribution in [0, 0.1) is 5.82 Å². The molecule has 0 unspecified atom stereocenters. The number of thiophene rings is 1. The van der Waals surface area contributed by atoms with Crippen LogP contribution in [0.25, 0.3) is 10.1 Å². The van der Waals surface area contributed by atoms with Gasteiger partial charge in [0.05, 0.1) is 5.02 Å². The maximum atomic E-state index is 13.0. The predicted molar refractivity (Wildman–Crippen MR) is 60.9 cm³/mol. The van der Waals surface area contributed by atoms with E-state index in [0.29, 0.717) is 10.9 Å². The molecule has 0 amide bonds. The molecule has 74 valence electrons. The van der Waals surface area contributed by atoms with Crippen LogP contribution in [-0.2, 0) is 0 Å². The summed E-state index contributed by atoms with van der Waals surface area (Å²) < 4.78 is 14.0. The third kappa shape index (κ3) is 1.53. The zero-order valence-corrected chi connectivity index (χ0v) is 9.55. The monoisotopic (exact) mass is 228 g/mol. The number of rotatable bonds is 1. The second-order valence-corrected chi connectivity index (χ2v) is 5.04. The Labute approximate surface area is 91.3 Å². The number of hydrogen-bond acceptors (Lipinski definition) is 1. The summed E-state index contributed by atoms with van der Waals surface area (Å²) in [4.78, 5) is 1.13. The minimum absolute atomic E-state index is 0.229. The van der Waals surface area contributed by atoms with E-state index in [9.17, 15) is 4.39 Å². The first-order valence-corrected chi connectivity index (χ1v) is 5.66. The SMILES string of the molecule is CC(C)c1sc2ccc(F)cc2c1Cl. The molecule has 0 saturated heterocycles. The van der Waals surface area contributed by atoms with Crippen molar-refractivity contribution in [1.82, 2.24) is 0 Å². The molecule has 1 aromatic heterocycles. The van der Waals surface area contributed by atoms with Crippen LogP contribution >= 0.6 is 22.9 Å². The highest BCUT2D eigenvalue weighted by Crippen LogP contribution is 2.39. The van der Waals surface area contributed by atoms with Crippen molar-refractivity contribution >= 4 is 33.0 Å². The molecular formula is C11H10ClFS. The van der Waals surface area contributed by atoms with Crippen molar-refractivity contribution in [3.05, 3.63) is 33.9 Å². The molecule has 0 atom stereocenters. The van der Waals surface area contributed by atoms with E-state index in [0.717, 1.165) is 15.0 Å². The minimum Gasteiger partial charge on any atom is -0.207 e. The molecule has 1 aromatic carbocycles. The highest BCUT2D eigenvalue weighted by Gasteiger charge is 2.13. The lowest BCUT2D eigenvalue weighted by Gasteiger charge is -1.99. The van der Waals surface area contributed by atoms with Crippen LogP contribution in [-0.4, -0.2) is 0 Å². The third-order valence-corrected chi connectivity index (χ3v) is 4.13. The van der Waals surface area contributed by atoms with Gasteiger partial charge in [-0.15, -0.1) is 11.3 Å². The van der Waals surface area contributed by atoms with E-state index in [1.54, 1.807) is 17.4 Å². The molecule has 14 heavy (non-hydrogen) atoms. The van der Waals surface area contributed by atoms with E-state index in [2.05, 4.69) is 13.8 Å². The van der Waals surface area contributed by atoms with Gasteiger partial charge in [-0.1, -0.05) is 25.4 Å². The highest BCUT2D eigenvalue weighted by molar-refractivity contribution is 7.19. The zero-order chi connectivity index (χ0) is 10.3. The Morgan fingerprint density at radius 3 is 2.71 bits per heavy atom. The van der Waals surface area contributed by atoms with Gasteiger partial charge in [-0.2, -0.15) is 0 Å². The van der Waals surface area contributed by atoms with Crippen molar-refractivity contribution in [2.24, 2.45) is 0 Å². The number of hydrogen-bond donors (Lipinski definition) is 0. The molecule has 0 aliphatic carbocycles. The van der Waals surface area contributed by atoms with Crippen LogP contribution < -0.4 is 0 Å². The van der Waals surface area contributed by atoms with Crippen LogP contribution in [0.5, 0.6) is 0 Å². The van der Waals surface area contributed by atoms with Gasteiger partial charge in [-0.05, 0) is 24.1 Å². The van der Waals surface area contributed by atoms with E-state index in [1.165, 1.54) is 12.1 Å². The fourth-order valence-electron chi connectivity index (χ4n) is 1.43. The smallest absolute Gasteiger partial charge is 0.123 e. The van der Waals surface area contributed by atoms with Gasteiger partial charge in [0.2, 0.25) is 0 Å². The first-order chi connectivity index (χ1) is 6.59. The van der Waals surface area contributed by atoms with E-state index < -0.39 is 0 Å². The fourth-order valence-corrected chi connectivity index (χ4v) is 3.06. The van der Waals surface area contributed by atoms with E-state index in [1.807, 2.05) is 0 Å². The zero-order valence-electron chi connectivity index (χ0n) is 7.97. The highest BCUT2D eigenvalue weighted by atomic mass is 35.5. The van der Waals surface area contributed by atoms with Crippen LogP contribution in [0.2, 0.25) is 5.02 Å². The van der Waals surface area contributed by atoms with Crippen LogP contribution in [0.15, 0.2) is 18.2 Å². The summed E-state index contributed by atoms with van der Waals surface area (Å²) in [6.45, 7) is 4.18. The summed E-state index contributed by atoms with van der Waals surface area (Å²) in [6.07, 6.45) is 0. The molecular weight excluding hydrogens is 219 g/mol. The molecule has 0 nitrogen and oxygen atoms in total. The summed E-state index contributed by atoms with van der Waals surface area (Å²) in [5.74, 6) is 0.162. The van der Waals surface area contributed by atoms with Crippen molar-refractivity contribution < 1.29 is 4.39 Å². The Bertz CT molecular complexity index is 473. The molecule has 1 heterocycles.